The second-order valence-corrected chi connectivity index (χ2v) is 4.89. The lowest BCUT2D eigenvalue weighted by atomic mass is 10.3. The van der Waals surface area contributed by atoms with Crippen LogP contribution in [0.3, 0.4) is 0 Å². The summed E-state index contributed by atoms with van der Waals surface area (Å²) in [7, 11) is 0. The van der Waals surface area contributed by atoms with Crippen molar-refractivity contribution in [3.63, 3.8) is 0 Å². The highest BCUT2D eigenvalue weighted by Crippen LogP contribution is 2.22. The molecule has 4 nitrogen and oxygen atoms in total. The van der Waals surface area contributed by atoms with Crippen LogP contribution in [-0.2, 0) is 0 Å². The van der Waals surface area contributed by atoms with E-state index < -0.39 is 0 Å². The average molecular weight is 287 g/mol. The Kier molecular flexibility index (Phi) is 3.05. The molecule has 0 bridgehead atoms. The van der Waals surface area contributed by atoms with Gasteiger partial charge in [-0.1, -0.05) is 12.1 Å². The number of pyridine rings is 1. The summed E-state index contributed by atoms with van der Waals surface area (Å²) in [5, 5.41) is 0. The Labute approximate surface area is 127 Å². The van der Waals surface area contributed by atoms with E-state index in [1.54, 1.807) is 24.9 Å². The number of aromatic nitrogens is 3. The number of rotatable bonds is 3. The number of imidazole rings is 1. The predicted molar refractivity (Wildman–Crippen MR) is 86.5 cm³/mol. The van der Waals surface area contributed by atoms with E-state index in [0.717, 1.165) is 28.1 Å². The molecule has 0 unspecified atom stereocenters. The first-order chi connectivity index (χ1) is 10.9. The molecule has 4 rings (SSSR count). The fourth-order valence-corrected chi connectivity index (χ4v) is 2.46. The highest BCUT2D eigenvalue weighted by Gasteiger charge is 2.09. The molecule has 0 radical (unpaired) electrons. The zero-order valence-electron chi connectivity index (χ0n) is 11.8. The van der Waals surface area contributed by atoms with Crippen molar-refractivity contribution in [2.75, 3.05) is 0 Å². The molecule has 0 atom stereocenters. The summed E-state index contributed by atoms with van der Waals surface area (Å²) >= 11 is 0. The van der Waals surface area contributed by atoms with E-state index in [4.69, 9.17) is 9.40 Å². The van der Waals surface area contributed by atoms with Crippen molar-refractivity contribution < 1.29 is 4.42 Å². The topological polar surface area (TPSA) is 43.9 Å². The molecule has 0 N–H and O–H groups in total. The van der Waals surface area contributed by atoms with E-state index in [9.17, 15) is 0 Å². The van der Waals surface area contributed by atoms with Gasteiger partial charge in [0.25, 0.3) is 0 Å². The first kappa shape index (κ1) is 12.6. The minimum atomic E-state index is 0.869. The van der Waals surface area contributed by atoms with Crippen LogP contribution in [0.25, 0.3) is 28.9 Å². The zero-order valence-corrected chi connectivity index (χ0v) is 11.8. The highest BCUT2D eigenvalue weighted by atomic mass is 16.3. The molecule has 4 heteroatoms. The maximum absolute atomic E-state index is 5.09. The van der Waals surface area contributed by atoms with Crippen LogP contribution in [-0.4, -0.2) is 14.5 Å². The molecule has 1 aromatic carbocycles. The van der Waals surface area contributed by atoms with Gasteiger partial charge in [0.15, 0.2) is 0 Å². The summed E-state index contributed by atoms with van der Waals surface area (Å²) in [6.07, 6.45) is 10.9. The van der Waals surface area contributed by atoms with E-state index in [-0.39, 0.29) is 0 Å². The van der Waals surface area contributed by atoms with Crippen molar-refractivity contribution in [2.24, 2.45) is 0 Å². The normalized spacial score (nSPS) is 11.5. The van der Waals surface area contributed by atoms with Gasteiger partial charge in [-0.3, -0.25) is 9.55 Å². The number of furan rings is 1. The molecular formula is C18H13N3O. The van der Waals surface area contributed by atoms with E-state index >= 15 is 0 Å². The van der Waals surface area contributed by atoms with Crippen molar-refractivity contribution in [2.45, 2.75) is 0 Å². The minimum Gasteiger partial charge on any atom is -0.472 e. The molecule has 0 saturated heterocycles. The van der Waals surface area contributed by atoms with Gasteiger partial charge in [-0.2, -0.15) is 0 Å². The SMILES string of the molecule is C(=C\c1nc2ccccc2n1-c1ccncc1)/c1ccoc1. The van der Waals surface area contributed by atoms with Crippen molar-refractivity contribution in [3.8, 4) is 5.69 Å². The van der Waals surface area contributed by atoms with Gasteiger partial charge in [-0.15, -0.1) is 0 Å². The molecule has 0 aliphatic carbocycles. The molecule has 3 heterocycles. The Hall–Kier alpha value is -3.14. The number of nitrogens with zero attached hydrogens (tertiary/aromatic N) is 3. The summed E-state index contributed by atoms with van der Waals surface area (Å²) in [6.45, 7) is 0. The molecule has 106 valence electrons. The molecule has 0 saturated carbocycles. The van der Waals surface area contributed by atoms with Crippen LogP contribution < -0.4 is 0 Å². The van der Waals surface area contributed by atoms with Crippen LogP contribution >= 0.6 is 0 Å². The van der Waals surface area contributed by atoms with Crippen LogP contribution in [0.15, 0.2) is 71.8 Å². The van der Waals surface area contributed by atoms with E-state index in [1.807, 2.05) is 48.6 Å². The smallest absolute Gasteiger partial charge is 0.138 e. The van der Waals surface area contributed by atoms with Gasteiger partial charge in [0.2, 0.25) is 0 Å². The summed E-state index contributed by atoms with van der Waals surface area (Å²) in [5.74, 6) is 0.869. The van der Waals surface area contributed by atoms with Crippen LogP contribution in [0.2, 0.25) is 0 Å². The third-order valence-corrected chi connectivity index (χ3v) is 3.48. The molecule has 0 amide bonds. The maximum Gasteiger partial charge on any atom is 0.138 e. The van der Waals surface area contributed by atoms with Gasteiger partial charge < -0.3 is 4.42 Å². The van der Waals surface area contributed by atoms with Crippen LogP contribution in [0.4, 0.5) is 0 Å². The van der Waals surface area contributed by atoms with E-state index in [1.165, 1.54) is 0 Å². The lowest BCUT2D eigenvalue weighted by molar-refractivity contribution is 0.567. The molecule has 0 aliphatic rings. The summed E-state index contributed by atoms with van der Waals surface area (Å²) in [4.78, 5) is 8.80. The minimum absolute atomic E-state index is 0.869. The monoisotopic (exact) mass is 287 g/mol. The van der Waals surface area contributed by atoms with Gasteiger partial charge in [0, 0.05) is 18.0 Å². The first-order valence-corrected chi connectivity index (χ1v) is 7.00. The predicted octanol–water partition coefficient (Wildman–Crippen LogP) is 4.18. The van der Waals surface area contributed by atoms with Crippen molar-refractivity contribution in [1.82, 2.24) is 14.5 Å². The van der Waals surface area contributed by atoms with Gasteiger partial charge in [0.05, 0.1) is 29.2 Å². The van der Waals surface area contributed by atoms with Crippen molar-refractivity contribution in [1.29, 1.82) is 0 Å². The lowest BCUT2D eigenvalue weighted by Crippen LogP contribution is -1.96. The summed E-state index contributed by atoms with van der Waals surface area (Å²) < 4.78 is 7.21. The highest BCUT2D eigenvalue weighted by molar-refractivity contribution is 5.82. The lowest BCUT2D eigenvalue weighted by Gasteiger charge is -2.06. The number of hydrogen-bond donors (Lipinski definition) is 0. The maximum atomic E-state index is 5.09. The fourth-order valence-electron chi connectivity index (χ4n) is 2.46. The molecule has 0 fully saturated rings. The van der Waals surface area contributed by atoms with Crippen LogP contribution in [0.1, 0.15) is 11.4 Å². The van der Waals surface area contributed by atoms with Crippen molar-refractivity contribution in [3.05, 3.63) is 78.8 Å². The molecule has 0 spiro atoms. The molecular weight excluding hydrogens is 274 g/mol. The number of para-hydroxylation sites is 2. The second kappa shape index (κ2) is 5.33. The van der Waals surface area contributed by atoms with E-state index in [2.05, 4.69) is 15.6 Å². The third-order valence-electron chi connectivity index (χ3n) is 3.48. The Morgan fingerprint density at radius 2 is 1.82 bits per heavy atom. The fraction of sp³-hybridized carbons (Fsp3) is 0. The number of hydrogen-bond acceptors (Lipinski definition) is 3. The standard InChI is InChI=1S/C18H13N3O/c1-2-4-17-16(3-1)20-18(6-5-14-9-12-22-13-14)21(17)15-7-10-19-11-8-15/h1-13H/b6-5+. The zero-order chi connectivity index (χ0) is 14.8. The van der Waals surface area contributed by atoms with Crippen LogP contribution in [0, 0.1) is 0 Å². The summed E-state index contributed by atoms with van der Waals surface area (Å²) in [6, 6.07) is 14.0. The van der Waals surface area contributed by atoms with Gasteiger partial charge in [-0.25, -0.2) is 4.98 Å². The van der Waals surface area contributed by atoms with E-state index in [0.29, 0.717) is 0 Å². The molecule has 4 aromatic rings. The van der Waals surface area contributed by atoms with Crippen LogP contribution in [0.5, 0.6) is 0 Å². The van der Waals surface area contributed by atoms with Gasteiger partial charge in [-0.05, 0) is 42.5 Å². The average Bonchev–Trinajstić information content (AvgIpc) is 3.21. The number of benzene rings is 1. The molecule has 0 aliphatic heterocycles. The second-order valence-electron chi connectivity index (χ2n) is 4.89. The Bertz CT molecular complexity index is 922. The van der Waals surface area contributed by atoms with Gasteiger partial charge in [0.1, 0.15) is 5.82 Å². The first-order valence-electron chi connectivity index (χ1n) is 7.00. The van der Waals surface area contributed by atoms with Crippen molar-refractivity contribution >= 4 is 23.2 Å². The Balaban J connectivity index is 1.90. The van der Waals surface area contributed by atoms with Gasteiger partial charge >= 0.3 is 0 Å². The largest absolute Gasteiger partial charge is 0.472 e. The third kappa shape index (κ3) is 2.20. The quantitative estimate of drug-likeness (QED) is 0.567. The molecule has 3 aromatic heterocycles. The summed E-state index contributed by atoms with van der Waals surface area (Å²) in [5.41, 5.74) is 4.08. The Morgan fingerprint density at radius 1 is 0.955 bits per heavy atom. The Morgan fingerprint density at radius 3 is 2.64 bits per heavy atom. The molecule has 22 heavy (non-hydrogen) atoms. The number of fused-ring (bicyclic) bond motifs is 1.